The highest BCUT2D eigenvalue weighted by molar-refractivity contribution is 8.09. The second-order valence-corrected chi connectivity index (χ2v) is 12.2. The predicted molar refractivity (Wildman–Crippen MR) is 120 cm³/mol. The summed E-state index contributed by atoms with van der Waals surface area (Å²) in [5.74, 6) is -0.349. The lowest BCUT2D eigenvalue weighted by molar-refractivity contribution is 0.158. The molecule has 0 unspecified atom stereocenters. The lowest BCUT2D eigenvalue weighted by Gasteiger charge is -2.28. The van der Waals surface area contributed by atoms with Gasteiger partial charge in [0.15, 0.2) is 24.3 Å². The summed E-state index contributed by atoms with van der Waals surface area (Å²) in [7, 11) is -8.35. The van der Waals surface area contributed by atoms with Gasteiger partial charge in [-0.05, 0) is 42.5 Å². The number of unbranched alkanes of at least 4 members (excludes halogenated alkanes) is 1. The van der Waals surface area contributed by atoms with E-state index in [-0.39, 0.29) is 28.7 Å². The number of benzene rings is 2. The summed E-state index contributed by atoms with van der Waals surface area (Å²) < 4.78 is 52.2. The van der Waals surface area contributed by atoms with Crippen molar-refractivity contribution in [2.24, 2.45) is 11.8 Å². The Balaban J connectivity index is 2.54. The maximum absolute atomic E-state index is 13.5. The molecule has 30 heavy (non-hydrogen) atoms. The van der Waals surface area contributed by atoms with Crippen molar-refractivity contribution >= 4 is 19.7 Å². The van der Waals surface area contributed by atoms with Crippen LogP contribution in [-0.2, 0) is 19.7 Å². The third kappa shape index (κ3) is 5.71. The molecule has 0 fully saturated rings. The molecule has 2 aromatic carbocycles. The van der Waals surface area contributed by atoms with Crippen LogP contribution in [0.15, 0.2) is 70.5 Å². The van der Waals surface area contributed by atoms with Crippen LogP contribution in [0, 0.1) is 11.8 Å². The van der Waals surface area contributed by atoms with E-state index in [1.54, 1.807) is 36.4 Å². The largest absolute Gasteiger partial charge is 0.396 e. The first-order valence-corrected chi connectivity index (χ1v) is 13.6. The molecule has 2 rings (SSSR count). The monoisotopic (exact) mass is 452 g/mol. The molecule has 0 heterocycles. The number of rotatable bonds is 12. The van der Waals surface area contributed by atoms with Gasteiger partial charge in [-0.25, -0.2) is 16.8 Å². The summed E-state index contributed by atoms with van der Waals surface area (Å²) in [4.78, 5) is -0.0411. The second kappa shape index (κ2) is 11.1. The maximum atomic E-state index is 13.5. The molecule has 0 radical (unpaired) electrons. The van der Waals surface area contributed by atoms with Crippen LogP contribution in [-0.4, -0.2) is 33.1 Å². The Morgan fingerprint density at radius 2 is 1.23 bits per heavy atom. The van der Waals surface area contributed by atoms with Gasteiger partial charge in [0.05, 0.1) is 9.79 Å². The Hall–Kier alpha value is -1.70. The molecule has 1 N–H and O–H groups in total. The standard InChI is InChI=1S/C23H32O5S2/c1-3-5-12-19(4-2)20(18-24)17-23(29(25,26)21-13-8-6-9-14-21)30(27,28)22-15-10-7-11-16-22/h6-11,13-16,19-20,23-24H,3-5,12,17-18H2,1-2H3/t19-,20-/m1/s1. The fourth-order valence-corrected chi connectivity index (χ4v) is 8.53. The average molecular weight is 453 g/mol. The molecule has 2 atom stereocenters. The molecule has 0 saturated carbocycles. The van der Waals surface area contributed by atoms with Crippen molar-refractivity contribution in [1.82, 2.24) is 0 Å². The van der Waals surface area contributed by atoms with Gasteiger partial charge in [-0.3, -0.25) is 0 Å². The van der Waals surface area contributed by atoms with Crippen molar-refractivity contribution in [3.8, 4) is 0 Å². The highest BCUT2D eigenvalue weighted by Gasteiger charge is 2.42. The smallest absolute Gasteiger partial charge is 0.195 e. The minimum absolute atomic E-state index is 0.0206. The first kappa shape index (κ1) is 24.6. The number of hydrogen-bond donors (Lipinski definition) is 1. The van der Waals surface area contributed by atoms with Gasteiger partial charge in [-0.2, -0.15) is 0 Å². The summed E-state index contributed by atoms with van der Waals surface area (Å²) in [6.45, 7) is 3.83. The van der Waals surface area contributed by atoms with E-state index in [1.807, 2.05) is 6.92 Å². The summed E-state index contributed by atoms with van der Waals surface area (Å²) >= 11 is 0. The van der Waals surface area contributed by atoms with Gasteiger partial charge >= 0.3 is 0 Å². The molecular weight excluding hydrogens is 420 g/mol. The van der Waals surface area contributed by atoms with Crippen molar-refractivity contribution in [2.45, 2.75) is 60.3 Å². The molecule has 0 amide bonds. The van der Waals surface area contributed by atoms with Crippen molar-refractivity contribution in [3.05, 3.63) is 60.7 Å². The van der Waals surface area contributed by atoms with Gasteiger partial charge in [0.25, 0.3) is 0 Å². The van der Waals surface area contributed by atoms with E-state index in [1.165, 1.54) is 24.3 Å². The van der Waals surface area contributed by atoms with Gasteiger partial charge in [0, 0.05) is 6.61 Å². The molecule has 0 aromatic heterocycles. The summed E-state index contributed by atoms with van der Waals surface area (Å²) in [5, 5.41) is 10.1. The Morgan fingerprint density at radius 1 is 0.767 bits per heavy atom. The quantitative estimate of drug-likeness (QED) is 0.513. The molecule has 0 aliphatic rings. The second-order valence-electron chi connectivity index (χ2n) is 7.63. The number of hydrogen-bond acceptors (Lipinski definition) is 5. The van der Waals surface area contributed by atoms with Crippen LogP contribution in [0.5, 0.6) is 0 Å². The van der Waals surface area contributed by atoms with Gasteiger partial charge in [-0.15, -0.1) is 0 Å². The average Bonchev–Trinajstić information content (AvgIpc) is 2.77. The molecule has 5 nitrogen and oxygen atoms in total. The first-order valence-electron chi connectivity index (χ1n) is 10.5. The van der Waals surface area contributed by atoms with Crippen molar-refractivity contribution < 1.29 is 21.9 Å². The molecule has 0 aliphatic carbocycles. The van der Waals surface area contributed by atoms with Crippen LogP contribution in [0.2, 0.25) is 0 Å². The molecule has 2 aromatic rings. The van der Waals surface area contributed by atoms with E-state index >= 15 is 0 Å². The van der Waals surface area contributed by atoms with Crippen LogP contribution in [0.1, 0.15) is 46.0 Å². The third-order valence-corrected chi connectivity index (χ3v) is 10.8. The molecule has 0 saturated heterocycles. The lowest BCUT2D eigenvalue weighted by Crippen LogP contribution is -2.35. The normalized spacial score (nSPS) is 14.5. The predicted octanol–water partition coefficient (Wildman–Crippen LogP) is 4.48. The number of aliphatic hydroxyl groups is 1. The van der Waals surface area contributed by atoms with E-state index < -0.39 is 30.2 Å². The van der Waals surface area contributed by atoms with Crippen LogP contribution < -0.4 is 0 Å². The van der Waals surface area contributed by atoms with Crippen molar-refractivity contribution in [1.29, 1.82) is 0 Å². The van der Waals surface area contributed by atoms with E-state index in [9.17, 15) is 21.9 Å². The van der Waals surface area contributed by atoms with Crippen LogP contribution in [0.4, 0.5) is 0 Å². The zero-order valence-corrected chi connectivity index (χ0v) is 19.3. The Morgan fingerprint density at radius 3 is 1.60 bits per heavy atom. The highest BCUT2D eigenvalue weighted by atomic mass is 32.3. The van der Waals surface area contributed by atoms with Crippen LogP contribution >= 0.6 is 0 Å². The third-order valence-electron chi connectivity index (χ3n) is 5.68. The Bertz CT molecular complexity index is 901. The molecular formula is C23H32O5S2. The SMILES string of the molecule is CCCC[C@@H](CC)[C@@H](CO)CC(S(=O)(=O)c1ccccc1)S(=O)(=O)c1ccccc1. The van der Waals surface area contributed by atoms with Gasteiger partial charge in [0.2, 0.25) is 0 Å². The van der Waals surface area contributed by atoms with E-state index in [4.69, 9.17) is 0 Å². The zero-order chi connectivity index (χ0) is 22.2. The fraction of sp³-hybridized carbons (Fsp3) is 0.478. The molecule has 0 spiro atoms. The zero-order valence-electron chi connectivity index (χ0n) is 17.6. The number of sulfone groups is 2. The molecule has 166 valence electrons. The van der Waals surface area contributed by atoms with Gasteiger partial charge in [0.1, 0.15) is 0 Å². The van der Waals surface area contributed by atoms with E-state index in [2.05, 4.69) is 6.92 Å². The van der Waals surface area contributed by atoms with E-state index in [0.717, 1.165) is 25.7 Å². The number of aliphatic hydroxyl groups excluding tert-OH is 1. The lowest BCUT2D eigenvalue weighted by atomic mass is 9.84. The summed E-state index contributed by atoms with van der Waals surface area (Å²) in [6.07, 6.45) is 3.41. The fourth-order valence-electron chi connectivity index (χ4n) is 3.85. The first-order chi connectivity index (χ1) is 14.3. The summed E-state index contributed by atoms with van der Waals surface area (Å²) in [6, 6.07) is 15.4. The molecule has 0 aliphatic heterocycles. The molecule has 7 heteroatoms. The van der Waals surface area contributed by atoms with Crippen molar-refractivity contribution in [3.63, 3.8) is 0 Å². The molecule has 0 bridgehead atoms. The van der Waals surface area contributed by atoms with Gasteiger partial charge in [-0.1, -0.05) is 75.9 Å². The highest BCUT2D eigenvalue weighted by Crippen LogP contribution is 2.34. The topological polar surface area (TPSA) is 88.5 Å². The van der Waals surface area contributed by atoms with Crippen LogP contribution in [0.3, 0.4) is 0 Å². The van der Waals surface area contributed by atoms with E-state index in [0.29, 0.717) is 0 Å². The minimum atomic E-state index is -4.17. The van der Waals surface area contributed by atoms with Crippen LogP contribution in [0.25, 0.3) is 0 Å². The summed E-state index contributed by atoms with van der Waals surface area (Å²) in [5.41, 5.74) is 0. The van der Waals surface area contributed by atoms with Gasteiger partial charge < -0.3 is 5.11 Å². The Labute approximate surface area is 181 Å². The minimum Gasteiger partial charge on any atom is -0.396 e. The maximum Gasteiger partial charge on any atom is 0.195 e. The Kier molecular flexibility index (Phi) is 9.07. The van der Waals surface area contributed by atoms with Crippen molar-refractivity contribution in [2.75, 3.05) is 6.61 Å².